The van der Waals surface area contributed by atoms with Gasteiger partial charge in [-0.3, -0.25) is 9.78 Å². The van der Waals surface area contributed by atoms with Gasteiger partial charge in [-0.2, -0.15) is 13.2 Å². The molecule has 0 atom stereocenters. The van der Waals surface area contributed by atoms with Crippen molar-refractivity contribution in [2.75, 3.05) is 18.4 Å². The van der Waals surface area contributed by atoms with Crippen LogP contribution in [0.5, 0.6) is 0 Å². The Morgan fingerprint density at radius 1 is 1.13 bits per heavy atom. The Hall–Kier alpha value is -2.80. The number of carbonyl (C=O) groups is 1. The fourth-order valence-corrected chi connectivity index (χ4v) is 4.04. The van der Waals surface area contributed by atoms with Crippen LogP contribution < -0.4 is 5.32 Å². The average Bonchev–Trinajstić information content (AvgIpc) is 2.94. The highest BCUT2D eigenvalue weighted by Crippen LogP contribution is 2.33. The Balaban J connectivity index is 1.55. The van der Waals surface area contributed by atoms with Crippen molar-refractivity contribution in [3.05, 3.63) is 70.4 Å². The van der Waals surface area contributed by atoms with Crippen molar-refractivity contribution in [3.8, 4) is 0 Å². The Morgan fingerprint density at radius 2 is 1.93 bits per heavy atom. The summed E-state index contributed by atoms with van der Waals surface area (Å²) in [5.74, 6) is -1.79. The van der Waals surface area contributed by atoms with E-state index in [1.807, 2.05) is 36.4 Å². The predicted octanol–water partition coefficient (Wildman–Crippen LogP) is 4.99. The van der Waals surface area contributed by atoms with E-state index in [2.05, 4.69) is 10.3 Å². The van der Waals surface area contributed by atoms with Crippen molar-refractivity contribution >= 4 is 34.1 Å². The number of aromatic nitrogens is 1. The molecule has 0 radical (unpaired) electrons. The summed E-state index contributed by atoms with van der Waals surface area (Å²) in [7, 11) is 0. The zero-order chi connectivity index (χ0) is 21.3. The Labute approximate surface area is 176 Å². The number of anilines is 1. The van der Waals surface area contributed by atoms with Crippen molar-refractivity contribution < 1.29 is 18.0 Å². The number of hydrogen-bond donors (Lipinski definition) is 1. The Morgan fingerprint density at radius 3 is 2.73 bits per heavy atom. The molecule has 1 aliphatic rings. The van der Waals surface area contributed by atoms with Crippen LogP contribution in [0.1, 0.15) is 16.7 Å². The summed E-state index contributed by atoms with van der Waals surface area (Å²) < 4.78 is 38.5. The first-order chi connectivity index (χ1) is 14.3. The molecule has 0 saturated carbocycles. The lowest BCUT2D eigenvalue weighted by Gasteiger charge is -2.21. The molecule has 4 rings (SSSR count). The second kappa shape index (κ2) is 8.14. The summed E-state index contributed by atoms with van der Waals surface area (Å²) in [6.45, 7) is 0.540. The van der Waals surface area contributed by atoms with Crippen molar-refractivity contribution in [2.45, 2.75) is 25.6 Å². The van der Waals surface area contributed by atoms with Crippen LogP contribution in [0.4, 0.5) is 18.9 Å². The van der Waals surface area contributed by atoms with Gasteiger partial charge >= 0.3 is 12.1 Å². The monoisotopic (exact) mass is 433 g/mol. The molecule has 0 fully saturated rings. The van der Waals surface area contributed by atoms with Gasteiger partial charge < -0.3 is 10.2 Å². The van der Waals surface area contributed by atoms with Crippen molar-refractivity contribution in [3.63, 3.8) is 0 Å². The topological polar surface area (TPSA) is 45.2 Å². The highest BCUT2D eigenvalue weighted by molar-refractivity contribution is 6.33. The number of rotatable bonds is 3. The lowest BCUT2D eigenvalue weighted by molar-refractivity contribution is -0.185. The van der Waals surface area contributed by atoms with Crippen LogP contribution in [0.25, 0.3) is 10.9 Å². The number of nitrogens with zero attached hydrogens (tertiary/aromatic N) is 2. The molecule has 1 N–H and O–H groups in total. The molecular weight excluding hydrogens is 415 g/mol. The maximum atomic E-state index is 12.8. The molecule has 4 nitrogen and oxygen atoms in total. The standard InChI is InChI=1S/C22H19ClF3N3O/c23-18-5-4-15-7-10-29(21(30)22(24,25)26)11-8-17(15)20(18)28-13-14-3-6-19-16(12-14)2-1-9-27-19/h1-6,9,12,28H,7-8,10-11,13H2. The first-order valence-electron chi connectivity index (χ1n) is 9.57. The van der Waals surface area contributed by atoms with Gasteiger partial charge in [0.2, 0.25) is 0 Å². The molecule has 156 valence electrons. The summed E-state index contributed by atoms with van der Waals surface area (Å²) in [6, 6.07) is 13.4. The number of pyridine rings is 1. The van der Waals surface area contributed by atoms with E-state index in [0.717, 1.165) is 32.5 Å². The maximum absolute atomic E-state index is 12.8. The van der Waals surface area contributed by atoms with Crippen LogP contribution >= 0.6 is 11.6 Å². The fraction of sp³-hybridized carbons (Fsp3) is 0.273. The zero-order valence-corrected chi connectivity index (χ0v) is 16.7. The third-order valence-electron chi connectivity index (χ3n) is 5.31. The minimum Gasteiger partial charge on any atom is -0.380 e. The summed E-state index contributed by atoms with van der Waals surface area (Å²) in [5, 5.41) is 4.88. The van der Waals surface area contributed by atoms with Gasteiger partial charge in [-0.15, -0.1) is 0 Å². The third-order valence-corrected chi connectivity index (χ3v) is 5.62. The van der Waals surface area contributed by atoms with Crippen LogP contribution in [-0.2, 0) is 24.2 Å². The predicted molar refractivity (Wildman–Crippen MR) is 111 cm³/mol. The molecule has 0 aliphatic carbocycles. The molecular formula is C22H19ClF3N3O. The summed E-state index contributed by atoms with van der Waals surface area (Å²) in [5.41, 5.74) is 4.42. The van der Waals surface area contributed by atoms with Crippen molar-refractivity contribution in [1.82, 2.24) is 9.88 Å². The normalized spacial score (nSPS) is 14.3. The molecule has 1 amide bonds. The zero-order valence-electron chi connectivity index (χ0n) is 16.0. The van der Waals surface area contributed by atoms with Crippen LogP contribution in [0.3, 0.4) is 0 Å². The molecule has 2 aromatic carbocycles. The second-order valence-electron chi connectivity index (χ2n) is 7.23. The number of hydrogen-bond acceptors (Lipinski definition) is 3. The third kappa shape index (κ3) is 4.21. The van der Waals surface area contributed by atoms with Gasteiger partial charge in [0, 0.05) is 31.2 Å². The van der Waals surface area contributed by atoms with E-state index in [0.29, 0.717) is 30.1 Å². The van der Waals surface area contributed by atoms with E-state index < -0.39 is 12.1 Å². The Kier molecular flexibility index (Phi) is 5.56. The molecule has 0 unspecified atom stereocenters. The number of alkyl halides is 3. The van der Waals surface area contributed by atoms with Gasteiger partial charge in [0.05, 0.1) is 16.2 Å². The van der Waals surface area contributed by atoms with E-state index in [1.165, 1.54) is 0 Å². The minimum absolute atomic E-state index is 0.00199. The van der Waals surface area contributed by atoms with Gasteiger partial charge in [-0.25, -0.2) is 0 Å². The highest BCUT2D eigenvalue weighted by atomic mass is 35.5. The molecule has 3 aromatic rings. The number of amides is 1. The quantitative estimate of drug-likeness (QED) is 0.633. The van der Waals surface area contributed by atoms with Crippen LogP contribution in [0.2, 0.25) is 5.02 Å². The summed E-state index contributed by atoms with van der Waals surface area (Å²) >= 11 is 6.41. The SMILES string of the molecule is O=C(N1CCc2ccc(Cl)c(NCc3ccc4ncccc4c3)c2CC1)C(F)(F)F. The van der Waals surface area contributed by atoms with Crippen molar-refractivity contribution in [2.24, 2.45) is 0 Å². The average molecular weight is 434 g/mol. The fourth-order valence-electron chi connectivity index (χ4n) is 3.80. The number of fused-ring (bicyclic) bond motifs is 2. The minimum atomic E-state index is -4.86. The lowest BCUT2D eigenvalue weighted by atomic mass is 10.0. The van der Waals surface area contributed by atoms with Gasteiger partial charge in [0.15, 0.2) is 0 Å². The van der Waals surface area contributed by atoms with Crippen LogP contribution in [0, 0.1) is 0 Å². The maximum Gasteiger partial charge on any atom is 0.471 e. The van der Waals surface area contributed by atoms with E-state index in [9.17, 15) is 18.0 Å². The molecule has 30 heavy (non-hydrogen) atoms. The van der Waals surface area contributed by atoms with Gasteiger partial charge in [-0.1, -0.05) is 29.8 Å². The molecule has 0 spiro atoms. The number of carbonyl (C=O) groups excluding carboxylic acids is 1. The lowest BCUT2D eigenvalue weighted by Crippen LogP contribution is -2.42. The van der Waals surface area contributed by atoms with Crippen molar-refractivity contribution in [1.29, 1.82) is 0 Å². The molecule has 0 bridgehead atoms. The number of nitrogens with one attached hydrogen (secondary N) is 1. The largest absolute Gasteiger partial charge is 0.471 e. The van der Waals surface area contributed by atoms with E-state index in [4.69, 9.17) is 11.6 Å². The number of benzene rings is 2. The van der Waals surface area contributed by atoms with Gasteiger partial charge in [0.1, 0.15) is 0 Å². The molecule has 2 heterocycles. The summed E-state index contributed by atoms with van der Waals surface area (Å²) in [6.07, 6.45) is -2.46. The first kappa shape index (κ1) is 20.5. The van der Waals surface area contributed by atoms with Crippen LogP contribution in [0.15, 0.2) is 48.7 Å². The molecule has 8 heteroatoms. The first-order valence-corrected chi connectivity index (χ1v) is 9.94. The van der Waals surface area contributed by atoms with E-state index >= 15 is 0 Å². The van der Waals surface area contributed by atoms with Gasteiger partial charge in [0.25, 0.3) is 0 Å². The smallest absolute Gasteiger partial charge is 0.380 e. The highest BCUT2D eigenvalue weighted by Gasteiger charge is 2.42. The molecule has 1 aliphatic heterocycles. The molecule has 0 saturated heterocycles. The second-order valence-corrected chi connectivity index (χ2v) is 7.64. The summed E-state index contributed by atoms with van der Waals surface area (Å²) in [4.78, 5) is 16.8. The van der Waals surface area contributed by atoms with Gasteiger partial charge in [-0.05, 0) is 53.8 Å². The number of halogens is 4. The van der Waals surface area contributed by atoms with E-state index in [-0.39, 0.29) is 13.1 Å². The van der Waals surface area contributed by atoms with Crippen LogP contribution in [-0.4, -0.2) is 35.1 Å². The molecule has 1 aromatic heterocycles. The van der Waals surface area contributed by atoms with E-state index in [1.54, 1.807) is 12.3 Å². The Bertz CT molecular complexity index is 1100.